The van der Waals surface area contributed by atoms with Gasteiger partial charge in [0.05, 0.1) is 5.41 Å². The molecule has 0 unspecified atom stereocenters. The van der Waals surface area contributed by atoms with Crippen molar-refractivity contribution in [2.75, 3.05) is 19.0 Å². The monoisotopic (exact) mass is 651 g/mol. The maximum absolute atomic E-state index is 7.17. The van der Waals surface area contributed by atoms with Crippen LogP contribution in [0.1, 0.15) is 58.1 Å². The van der Waals surface area contributed by atoms with Crippen LogP contribution >= 0.6 is 34.8 Å². The van der Waals surface area contributed by atoms with Crippen LogP contribution < -0.4 is 4.90 Å². The van der Waals surface area contributed by atoms with Gasteiger partial charge in [-0.1, -0.05) is 79.0 Å². The minimum absolute atomic E-state index is 0.165. The molecule has 45 heavy (non-hydrogen) atoms. The van der Waals surface area contributed by atoms with Gasteiger partial charge in [0.15, 0.2) is 5.71 Å². The Kier molecular flexibility index (Phi) is 7.36. The van der Waals surface area contributed by atoms with Crippen molar-refractivity contribution < 1.29 is 4.58 Å². The standard InChI is InChI=1S/C40H38Cl3N2/c1-39(2)34(44(5)32-18-10-26-22-28(41)14-16-30(26)36(32)39)20-12-24-8-7-9-25(38(24)43)13-21-35-40(3,4)37-31-17-15-29(42)23-27(31)11-19-33(37)45(35)6/h10-23H,7-9H2,1-6H3/q+1. The molecule has 0 atom stereocenters. The lowest BCUT2D eigenvalue weighted by Gasteiger charge is -2.25. The summed E-state index contributed by atoms with van der Waals surface area (Å²) in [6.45, 7) is 9.25. The summed E-state index contributed by atoms with van der Waals surface area (Å²) in [5, 5.41) is 7.26. The Balaban J connectivity index is 1.22. The van der Waals surface area contributed by atoms with Crippen molar-refractivity contribution in [2.24, 2.45) is 0 Å². The van der Waals surface area contributed by atoms with E-state index < -0.39 is 0 Å². The highest BCUT2D eigenvalue weighted by Crippen LogP contribution is 2.50. The molecule has 3 aliphatic rings. The summed E-state index contributed by atoms with van der Waals surface area (Å²) < 4.78 is 2.33. The predicted molar refractivity (Wildman–Crippen MR) is 195 cm³/mol. The summed E-state index contributed by atoms with van der Waals surface area (Å²) in [7, 11) is 4.33. The molecule has 1 aliphatic carbocycles. The molecule has 0 aromatic heterocycles. The summed E-state index contributed by atoms with van der Waals surface area (Å²) in [4.78, 5) is 2.33. The molecule has 228 valence electrons. The smallest absolute Gasteiger partial charge is 0.210 e. The molecule has 0 fully saturated rings. The third kappa shape index (κ3) is 4.80. The van der Waals surface area contributed by atoms with Crippen molar-refractivity contribution in [3.8, 4) is 0 Å². The summed E-state index contributed by atoms with van der Waals surface area (Å²) in [6, 6.07) is 21.2. The van der Waals surface area contributed by atoms with Gasteiger partial charge < -0.3 is 4.90 Å². The molecule has 0 spiro atoms. The van der Waals surface area contributed by atoms with Crippen LogP contribution in [0.15, 0.2) is 107 Å². The van der Waals surface area contributed by atoms with Gasteiger partial charge in [-0.05, 0) is 114 Å². The third-order valence-corrected chi connectivity index (χ3v) is 11.2. The van der Waals surface area contributed by atoms with Crippen molar-refractivity contribution in [3.63, 3.8) is 0 Å². The van der Waals surface area contributed by atoms with Crippen LogP contribution in [0.3, 0.4) is 0 Å². The minimum atomic E-state index is -0.165. The van der Waals surface area contributed by atoms with Crippen molar-refractivity contribution in [1.29, 1.82) is 0 Å². The fraction of sp³-hybridized carbons (Fsp3) is 0.275. The number of likely N-dealkylation sites (N-methyl/N-ethyl adjacent to an activating group) is 1. The molecule has 4 aromatic carbocycles. The van der Waals surface area contributed by atoms with Crippen molar-refractivity contribution in [3.05, 3.63) is 128 Å². The predicted octanol–water partition coefficient (Wildman–Crippen LogP) is 11.8. The van der Waals surface area contributed by atoms with Gasteiger partial charge in [0.25, 0.3) is 0 Å². The van der Waals surface area contributed by atoms with E-state index in [2.05, 4.69) is 124 Å². The van der Waals surface area contributed by atoms with Gasteiger partial charge in [0.1, 0.15) is 7.05 Å². The summed E-state index contributed by atoms with van der Waals surface area (Å²) in [6.07, 6.45) is 12.1. The second-order valence-corrected chi connectivity index (χ2v) is 14.9. The van der Waals surface area contributed by atoms with Crippen LogP contribution in [0, 0.1) is 0 Å². The number of nitrogens with zero attached hydrogens (tertiary/aromatic N) is 2. The van der Waals surface area contributed by atoms with E-state index in [4.69, 9.17) is 34.8 Å². The number of rotatable bonds is 3. The first-order chi connectivity index (χ1) is 21.4. The van der Waals surface area contributed by atoms with Gasteiger partial charge in [-0.25, -0.2) is 0 Å². The highest BCUT2D eigenvalue weighted by atomic mass is 35.5. The van der Waals surface area contributed by atoms with E-state index in [1.165, 1.54) is 66.6 Å². The van der Waals surface area contributed by atoms with Crippen LogP contribution in [0.25, 0.3) is 21.5 Å². The van der Waals surface area contributed by atoms with E-state index in [1.807, 2.05) is 12.1 Å². The SMILES string of the molecule is CN1/C(=C/C=C2\CCCC(/C=C/C3=[N+](C)c4ccc5cc(Cl)ccc5c4C3(C)C)=C2Cl)C(C)(C)c2c1ccc1cc(Cl)ccc21. The number of benzene rings is 4. The van der Waals surface area contributed by atoms with Crippen molar-refractivity contribution in [2.45, 2.75) is 57.8 Å². The average Bonchev–Trinajstić information content (AvgIpc) is 3.32. The molecule has 0 amide bonds. The molecule has 0 saturated heterocycles. The number of fused-ring (bicyclic) bond motifs is 6. The van der Waals surface area contributed by atoms with E-state index in [0.29, 0.717) is 0 Å². The Labute approximate surface area is 281 Å². The Morgan fingerprint density at radius 1 is 0.733 bits per heavy atom. The van der Waals surface area contributed by atoms with Crippen molar-refractivity contribution >= 4 is 73.4 Å². The first kappa shape index (κ1) is 30.4. The van der Waals surface area contributed by atoms with E-state index in [-0.39, 0.29) is 10.8 Å². The Hall–Kier alpha value is -3.30. The highest BCUT2D eigenvalue weighted by molar-refractivity contribution is 6.33. The van der Waals surface area contributed by atoms with E-state index in [1.54, 1.807) is 0 Å². The highest BCUT2D eigenvalue weighted by Gasteiger charge is 2.44. The molecule has 2 aliphatic heterocycles. The molecular weight excluding hydrogens is 615 g/mol. The summed E-state index contributed by atoms with van der Waals surface area (Å²) in [5.41, 5.74) is 9.75. The van der Waals surface area contributed by atoms with Crippen molar-refractivity contribution in [1.82, 2.24) is 0 Å². The van der Waals surface area contributed by atoms with E-state index in [0.717, 1.165) is 34.3 Å². The molecule has 0 radical (unpaired) electrons. The Bertz CT molecular complexity index is 2090. The molecule has 7 rings (SSSR count). The second-order valence-electron chi connectivity index (χ2n) is 13.7. The third-order valence-electron chi connectivity index (χ3n) is 10.2. The largest absolute Gasteiger partial charge is 0.347 e. The topological polar surface area (TPSA) is 6.25 Å². The first-order valence-electron chi connectivity index (χ1n) is 15.7. The maximum atomic E-state index is 7.17. The molecule has 0 N–H and O–H groups in total. The quantitative estimate of drug-likeness (QED) is 0.200. The number of anilines is 1. The summed E-state index contributed by atoms with van der Waals surface area (Å²) >= 11 is 19.8. The zero-order valence-electron chi connectivity index (χ0n) is 26.7. The van der Waals surface area contributed by atoms with Crippen LogP contribution in [0.4, 0.5) is 11.4 Å². The number of halogens is 3. The average molecular weight is 653 g/mol. The fourth-order valence-corrected chi connectivity index (χ4v) is 8.69. The van der Waals surface area contributed by atoms with Crippen LogP contribution in [-0.2, 0) is 10.8 Å². The normalized spacial score (nSPS) is 20.9. The molecule has 2 nitrogen and oxygen atoms in total. The van der Waals surface area contributed by atoms with Crippen LogP contribution in [0.5, 0.6) is 0 Å². The number of hydrogen-bond acceptors (Lipinski definition) is 1. The second kappa shape index (κ2) is 10.9. The van der Waals surface area contributed by atoms with Gasteiger partial charge in [-0.15, -0.1) is 0 Å². The summed E-state index contributed by atoms with van der Waals surface area (Å²) in [5.74, 6) is 0. The van der Waals surface area contributed by atoms with Gasteiger partial charge in [0.2, 0.25) is 5.69 Å². The number of hydrogen-bond donors (Lipinski definition) is 0. The van der Waals surface area contributed by atoms with E-state index in [9.17, 15) is 0 Å². The minimum Gasteiger partial charge on any atom is -0.347 e. The lowest BCUT2D eigenvalue weighted by Crippen LogP contribution is -2.27. The Morgan fingerprint density at radius 3 is 2.07 bits per heavy atom. The molecule has 0 saturated carbocycles. The van der Waals surface area contributed by atoms with Gasteiger partial charge in [-0.2, -0.15) is 4.58 Å². The lowest BCUT2D eigenvalue weighted by atomic mass is 9.78. The maximum Gasteiger partial charge on any atom is 0.210 e. The molecule has 0 bridgehead atoms. The molecule has 2 heterocycles. The molecular formula is C40H38Cl3N2+. The fourth-order valence-electron chi connectivity index (χ4n) is 8.01. The lowest BCUT2D eigenvalue weighted by molar-refractivity contribution is -0.401. The van der Waals surface area contributed by atoms with Crippen LogP contribution in [-0.4, -0.2) is 24.4 Å². The number of allylic oxidation sites excluding steroid dienone is 8. The van der Waals surface area contributed by atoms with Crippen LogP contribution in [0.2, 0.25) is 10.0 Å². The van der Waals surface area contributed by atoms with Gasteiger partial charge in [-0.3, -0.25) is 0 Å². The zero-order chi connectivity index (χ0) is 31.8. The first-order valence-corrected chi connectivity index (χ1v) is 16.8. The van der Waals surface area contributed by atoms with Gasteiger partial charge >= 0.3 is 0 Å². The molecule has 5 heteroatoms. The molecule has 4 aromatic rings. The Morgan fingerprint density at radius 2 is 1.38 bits per heavy atom. The van der Waals surface area contributed by atoms with Gasteiger partial charge in [0, 0.05) is 56.6 Å². The van der Waals surface area contributed by atoms with E-state index >= 15 is 0 Å². The zero-order valence-corrected chi connectivity index (χ0v) is 29.0.